The maximum absolute atomic E-state index is 5.70. The molecule has 4 aromatic heterocycles. The van der Waals surface area contributed by atoms with Crippen LogP contribution < -0.4 is 5.32 Å². The lowest BCUT2D eigenvalue weighted by atomic mass is 10.1. The number of aryl methyl sites for hydroxylation is 2. The van der Waals surface area contributed by atoms with Gasteiger partial charge in [0.2, 0.25) is 0 Å². The zero-order valence-electron chi connectivity index (χ0n) is 19.7. The minimum Gasteiger partial charge on any atom is -0.378 e. The molecule has 10 heteroatoms. The van der Waals surface area contributed by atoms with Crippen LogP contribution in [-0.4, -0.2) is 73.6 Å². The zero-order chi connectivity index (χ0) is 23.1. The van der Waals surface area contributed by atoms with E-state index in [1.807, 2.05) is 28.7 Å². The third kappa shape index (κ3) is 4.14. The summed E-state index contributed by atoms with van der Waals surface area (Å²) < 4.78 is 9.63. The number of nitrogens with one attached hydrogen (secondary N) is 1. The minimum atomic E-state index is 0.292. The predicted molar refractivity (Wildman–Crippen MR) is 132 cm³/mol. The number of thiophene rings is 1. The summed E-state index contributed by atoms with van der Waals surface area (Å²) in [7, 11) is 4.10. The summed E-state index contributed by atoms with van der Waals surface area (Å²) in [5, 5.41) is 9.46. The lowest BCUT2D eigenvalue weighted by molar-refractivity contribution is 0.0109. The molecule has 0 spiro atoms. The molecular weight excluding hydrogens is 436 g/mol. The third-order valence-electron chi connectivity index (χ3n) is 6.21. The SMILES string of the molecule is Cc1c(-c2ccn(C(C)C)n2)sc2nc(-c3nccn3C)nc(NC[C@@H]3COCCN3C)c12. The average Bonchev–Trinajstić information content (AvgIpc) is 3.52. The van der Waals surface area contributed by atoms with Crippen LogP contribution in [0.5, 0.6) is 0 Å². The number of hydrogen-bond acceptors (Lipinski definition) is 8. The molecule has 4 aromatic rings. The lowest BCUT2D eigenvalue weighted by Crippen LogP contribution is -2.46. The second-order valence-corrected chi connectivity index (χ2v) is 9.86. The van der Waals surface area contributed by atoms with Crippen molar-refractivity contribution in [1.29, 1.82) is 0 Å². The number of nitrogens with zero attached hydrogens (tertiary/aromatic N) is 7. The van der Waals surface area contributed by atoms with Crippen LogP contribution in [0.3, 0.4) is 0 Å². The Morgan fingerprint density at radius 1 is 1.24 bits per heavy atom. The van der Waals surface area contributed by atoms with E-state index in [9.17, 15) is 0 Å². The van der Waals surface area contributed by atoms with Crippen molar-refractivity contribution in [1.82, 2.24) is 34.2 Å². The van der Waals surface area contributed by atoms with Crippen molar-refractivity contribution in [3.8, 4) is 22.2 Å². The molecule has 1 aliphatic rings. The molecule has 0 bridgehead atoms. The number of aromatic nitrogens is 6. The van der Waals surface area contributed by atoms with Crippen molar-refractivity contribution in [2.24, 2.45) is 7.05 Å². The topological polar surface area (TPSA) is 85.9 Å². The van der Waals surface area contributed by atoms with Gasteiger partial charge in [0, 0.05) is 44.8 Å². The Hall–Kier alpha value is -2.82. The van der Waals surface area contributed by atoms with E-state index >= 15 is 0 Å². The molecule has 5 heterocycles. The van der Waals surface area contributed by atoms with E-state index in [1.165, 1.54) is 0 Å². The van der Waals surface area contributed by atoms with Crippen molar-refractivity contribution in [2.75, 3.05) is 38.7 Å². The highest BCUT2D eigenvalue weighted by molar-refractivity contribution is 7.22. The Labute approximate surface area is 197 Å². The molecule has 0 amide bonds. The van der Waals surface area contributed by atoms with E-state index in [0.29, 0.717) is 24.5 Å². The number of imidazole rings is 1. The van der Waals surface area contributed by atoms with Crippen LogP contribution >= 0.6 is 11.3 Å². The van der Waals surface area contributed by atoms with E-state index in [1.54, 1.807) is 17.5 Å². The van der Waals surface area contributed by atoms with Crippen LogP contribution in [0.4, 0.5) is 5.82 Å². The van der Waals surface area contributed by atoms with Crippen LogP contribution in [0.25, 0.3) is 32.4 Å². The first-order valence-corrected chi connectivity index (χ1v) is 12.1. The van der Waals surface area contributed by atoms with Crippen molar-refractivity contribution in [3.05, 3.63) is 30.2 Å². The van der Waals surface area contributed by atoms with Gasteiger partial charge in [-0.1, -0.05) is 0 Å². The number of hydrogen-bond donors (Lipinski definition) is 1. The number of ether oxygens (including phenoxy) is 1. The lowest BCUT2D eigenvalue weighted by Gasteiger charge is -2.32. The minimum absolute atomic E-state index is 0.292. The summed E-state index contributed by atoms with van der Waals surface area (Å²) in [6, 6.07) is 2.68. The van der Waals surface area contributed by atoms with Crippen molar-refractivity contribution < 1.29 is 4.74 Å². The molecule has 0 aromatic carbocycles. The summed E-state index contributed by atoms with van der Waals surface area (Å²) >= 11 is 1.66. The van der Waals surface area contributed by atoms with Crippen LogP contribution in [0, 0.1) is 6.92 Å². The standard InChI is InChI=1S/C23H30N8OS/c1-14(2)31-8-6-17(28-31)19-15(3)18-20(25-12-16-13-32-11-10-29(16)4)26-21(27-23(18)33-19)22-24-7-9-30(22)5/h6-9,14,16H,10-13H2,1-5H3,(H,25,26,27)/t16-/m1/s1. The molecule has 9 nitrogen and oxygen atoms in total. The molecule has 0 aliphatic carbocycles. The van der Waals surface area contributed by atoms with Gasteiger partial charge in [-0.15, -0.1) is 11.3 Å². The molecule has 1 aliphatic heterocycles. The normalized spacial score (nSPS) is 17.3. The van der Waals surface area contributed by atoms with Crippen molar-refractivity contribution in [2.45, 2.75) is 32.9 Å². The van der Waals surface area contributed by atoms with Gasteiger partial charge in [0.05, 0.1) is 29.5 Å². The molecule has 174 valence electrons. The molecule has 0 saturated carbocycles. The molecular formula is C23H30N8OS. The average molecular weight is 467 g/mol. The smallest absolute Gasteiger partial charge is 0.199 e. The Kier molecular flexibility index (Phi) is 5.90. The van der Waals surface area contributed by atoms with E-state index in [-0.39, 0.29) is 0 Å². The second-order valence-electron chi connectivity index (χ2n) is 8.86. The summed E-state index contributed by atoms with van der Waals surface area (Å²) in [6.07, 6.45) is 5.72. The van der Waals surface area contributed by atoms with Gasteiger partial charge in [0.1, 0.15) is 16.3 Å². The van der Waals surface area contributed by atoms with Gasteiger partial charge in [0.15, 0.2) is 11.6 Å². The third-order valence-corrected chi connectivity index (χ3v) is 7.42. The molecule has 1 N–H and O–H groups in total. The fourth-order valence-electron chi connectivity index (χ4n) is 4.11. The Morgan fingerprint density at radius 2 is 2.09 bits per heavy atom. The number of rotatable bonds is 6. The van der Waals surface area contributed by atoms with Crippen LogP contribution in [-0.2, 0) is 11.8 Å². The monoisotopic (exact) mass is 466 g/mol. The second kappa shape index (κ2) is 8.85. The van der Waals surface area contributed by atoms with Crippen LogP contribution in [0.1, 0.15) is 25.5 Å². The summed E-state index contributed by atoms with van der Waals surface area (Å²) in [5.74, 6) is 2.20. The van der Waals surface area contributed by atoms with Crippen LogP contribution in [0.2, 0.25) is 0 Å². The van der Waals surface area contributed by atoms with E-state index in [2.05, 4.69) is 49.1 Å². The predicted octanol–water partition coefficient (Wildman–Crippen LogP) is 3.59. The molecule has 1 fully saturated rings. The summed E-state index contributed by atoms with van der Waals surface area (Å²) in [6.45, 7) is 9.57. The van der Waals surface area contributed by atoms with Gasteiger partial charge in [-0.25, -0.2) is 15.0 Å². The number of fused-ring (bicyclic) bond motifs is 1. The van der Waals surface area contributed by atoms with Crippen molar-refractivity contribution >= 4 is 27.4 Å². The summed E-state index contributed by atoms with van der Waals surface area (Å²) in [5.41, 5.74) is 2.11. The highest BCUT2D eigenvalue weighted by Gasteiger charge is 2.23. The van der Waals surface area contributed by atoms with E-state index in [4.69, 9.17) is 19.8 Å². The number of anilines is 1. The molecule has 33 heavy (non-hydrogen) atoms. The fourth-order valence-corrected chi connectivity index (χ4v) is 5.25. The van der Waals surface area contributed by atoms with Gasteiger partial charge in [-0.3, -0.25) is 9.58 Å². The van der Waals surface area contributed by atoms with Gasteiger partial charge >= 0.3 is 0 Å². The maximum Gasteiger partial charge on any atom is 0.199 e. The largest absolute Gasteiger partial charge is 0.378 e. The molecule has 1 saturated heterocycles. The number of likely N-dealkylation sites (N-methyl/N-ethyl adjacent to an activating group) is 1. The molecule has 5 rings (SSSR count). The van der Waals surface area contributed by atoms with Gasteiger partial charge in [-0.2, -0.15) is 5.10 Å². The first-order chi connectivity index (χ1) is 15.9. The van der Waals surface area contributed by atoms with E-state index in [0.717, 1.165) is 57.7 Å². The highest BCUT2D eigenvalue weighted by Crippen LogP contribution is 2.40. The first kappa shape index (κ1) is 22.0. The van der Waals surface area contributed by atoms with E-state index < -0.39 is 0 Å². The first-order valence-electron chi connectivity index (χ1n) is 11.3. The Bertz CT molecular complexity index is 1270. The molecule has 0 unspecified atom stereocenters. The fraction of sp³-hybridized carbons (Fsp3) is 0.478. The highest BCUT2D eigenvalue weighted by atomic mass is 32.1. The van der Waals surface area contributed by atoms with Crippen molar-refractivity contribution in [3.63, 3.8) is 0 Å². The molecule has 0 radical (unpaired) electrons. The number of morpholine rings is 1. The maximum atomic E-state index is 5.70. The van der Waals surface area contributed by atoms with Crippen LogP contribution in [0.15, 0.2) is 24.7 Å². The van der Waals surface area contributed by atoms with Gasteiger partial charge in [-0.05, 0) is 39.4 Å². The summed E-state index contributed by atoms with van der Waals surface area (Å²) in [4.78, 5) is 18.7. The molecule has 1 atom stereocenters. The Morgan fingerprint density at radius 3 is 2.79 bits per heavy atom. The quantitative estimate of drug-likeness (QED) is 0.465. The van der Waals surface area contributed by atoms with Gasteiger partial charge in [0.25, 0.3) is 0 Å². The van der Waals surface area contributed by atoms with Gasteiger partial charge < -0.3 is 14.6 Å². The Balaban J connectivity index is 1.59. The zero-order valence-corrected chi connectivity index (χ0v) is 20.6.